The van der Waals surface area contributed by atoms with Crippen LogP contribution < -0.4 is 5.32 Å². The Balaban J connectivity index is 2.05. The summed E-state index contributed by atoms with van der Waals surface area (Å²) < 4.78 is 6.19. The summed E-state index contributed by atoms with van der Waals surface area (Å²) in [4.78, 5) is 16.1. The lowest BCUT2D eigenvalue weighted by Gasteiger charge is -2.19. The van der Waals surface area contributed by atoms with Gasteiger partial charge in [-0.2, -0.15) is 0 Å². The minimum Gasteiger partial charge on any atom is -0.444 e. The molecule has 0 atom stereocenters. The van der Waals surface area contributed by atoms with Gasteiger partial charge < -0.3 is 4.74 Å². The Labute approximate surface area is 115 Å². The molecule has 98 valence electrons. The number of pyridine rings is 1. The number of carbonyl (C=O) groups is 1. The van der Waals surface area contributed by atoms with Crippen LogP contribution in [-0.2, 0) is 4.74 Å². The van der Waals surface area contributed by atoms with E-state index in [1.165, 1.54) is 12.8 Å². The fourth-order valence-electron chi connectivity index (χ4n) is 1.58. The van der Waals surface area contributed by atoms with Gasteiger partial charge in [0.15, 0.2) is 0 Å². The first kappa shape index (κ1) is 13.3. The second kappa shape index (κ2) is 4.88. The first-order valence-corrected chi connectivity index (χ1v) is 6.81. The fraction of sp³-hybridized carbons (Fsp3) is 0.538. The molecule has 1 fully saturated rings. The molecule has 0 aromatic carbocycles. The minimum atomic E-state index is -0.501. The van der Waals surface area contributed by atoms with Crippen molar-refractivity contribution in [1.29, 1.82) is 0 Å². The Morgan fingerprint density at radius 2 is 2.11 bits per heavy atom. The van der Waals surface area contributed by atoms with Gasteiger partial charge in [0.25, 0.3) is 0 Å². The topological polar surface area (TPSA) is 51.2 Å². The number of ether oxygens (including phenoxy) is 1. The van der Waals surface area contributed by atoms with Gasteiger partial charge in [0, 0.05) is 10.4 Å². The van der Waals surface area contributed by atoms with Gasteiger partial charge in [0.1, 0.15) is 11.4 Å². The van der Waals surface area contributed by atoms with Crippen LogP contribution in [0.1, 0.15) is 45.2 Å². The lowest BCUT2D eigenvalue weighted by atomic mass is 10.2. The van der Waals surface area contributed by atoms with E-state index in [4.69, 9.17) is 4.74 Å². The van der Waals surface area contributed by atoms with Crippen LogP contribution >= 0.6 is 15.9 Å². The summed E-state index contributed by atoms with van der Waals surface area (Å²) in [6.45, 7) is 5.49. The predicted octanol–water partition coefficient (Wildman–Crippen LogP) is 4.07. The number of halogens is 1. The van der Waals surface area contributed by atoms with Crippen molar-refractivity contribution in [1.82, 2.24) is 4.98 Å². The quantitative estimate of drug-likeness (QED) is 0.895. The van der Waals surface area contributed by atoms with Gasteiger partial charge in [-0.05, 0) is 61.7 Å². The SMILES string of the molecule is CC(C)(C)OC(=O)Nc1ccc(Br)c(C2CC2)n1. The van der Waals surface area contributed by atoms with E-state index in [0.29, 0.717) is 11.7 Å². The van der Waals surface area contributed by atoms with E-state index < -0.39 is 11.7 Å². The lowest BCUT2D eigenvalue weighted by Crippen LogP contribution is -2.27. The van der Waals surface area contributed by atoms with Gasteiger partial charge in [-0.3, -0.25) is 5.32 Å². The fourth-order valence-corrected chi connectivity index (χ4v) is 2.12. The summed E-state index contributed by atoms with van der Waals surface area (Å²) in [6.07, 6.45) is 1.86. The van der Waals surface area contributed by atoms with Crippen molar-refractivity contribution in [2.45, 2.75) is 45.1 Å². The largest absolute Gasteiger partial charge is 0.444 e. The maximum Gasteiger partial charge on any atom is 0.413 e. The second-order valence-electron chi connectivity index (χ2n) is 5.46. The normalized spacial score (nSPS) is 15.3. The van der Waals surface area contributed by atoms with Gasteiger partial charge in [0.05, 0.1) is 5.69 Å². The van der Waals surface area contributed by atoms with Crippen molar-refractivity contribution >= 4 is 27.8 Å². The van der Waals surface area contributed by atoms with Crippen LogP contribution in [0.15, 0.2) is 16.6 Å². The van der Waals surface area contributed by atoms with Crippen LogP contribution in [0.25, 0.3) is 0 Å². The maximum atomic E-state index is 11.6. The number of rotatable bonds is 2. The zero-order valence-electron chi connectivity index (χ0n) is 10.8. The summed E-state index contributed by atoms with van der Waals surface area (Å²) >= 11 is 3.48. The van der Waals surface area contributed by atoms with Crippen molar-refractivity contribution in [3.8, 4) is 0 Å². The van der Waals surface area contributed by atoms with E-state index in [-0.39, 0.29) is 0 Å². The van der Waals surface area contributed by atoms with Crippen molar-refractivity contribution in [2.75, 3.05) is 5.32 Å². The van der Waals surface area contributed by atoms with Gasteiger partial charge in [0.2, 0.25) is 0 Å². The third kappa shape index (κ3) is 3.70. The lowest BCUT2D eigenvalue weighted by molar-refractivity contribution is 0.0635. The molecule has 1 aliphatic rings. The number of nitrogens with one attached hydrogen (secondary N) is 1. The zero-order chi connectivity index (χ0) is 13.3. The number of anilines is 1. The van der Waals surface area contributed by atoms with E-state index in [2.05, 4.69) is 26.2 Å². The molecule has 1 aromatic heterocycles. The first-order chi connectivity index (χ1) is 8.35. The third-order valence-corrected chi connectivity index (χ3v) is 3.14. The smallest absolute Gasteiger partial charge is 0.413 e. The molecule has 1 amide bonds. The summed E-state index contributed by atoms with van der Waals surface area (Å²) in [5.41, 5.74) is 0.516. The molecule has 4 nitrogen and oxygen atoms in total. The molecule has 1 saturated carbocycles. The number of carbonyl (C=O) groups excluding carboxylic acids is 1. The maximum absolute atomic E-state index is 11.6. The summed E-state index contributed by atoms with van der Waals surface area (Å²) in [7, 11) is 0. The van der Waals surface area contributed by atoms with Gasteiger partial charge in [-0.15, -0.1) is 0 Å². The molecule has 1 heterocycles. The zero-order valence-corrected chi connectivity index (χ0v) is 12.4. The number of hydrogen-bond acceptors (Lipinski definition) is 3. The number of hydrogen-bond donors (Lipinski definition) is 1. The molecule has 5 heteroatoms. The van der Waals surface area contributed by atoms with Crippen LogP contribution in [0.2, 0.25) is 0 Å². The standard InChI is InChI=1S/C13H17BrN2O2/c1-13(2,3)18-12(17)16-10-7-6-9(14)11(15-10)8-4-5-8/h6-8H,4-5H2,1-3H3,(H,15,16,17). The molecular formula is C13H17BrN2O2. The van der Waals surface area contributed by atoms with Gasteiger partial charge >= 0.3 is 6.09 Å². The van der Waals surface area contributed by atoms with Crippen LogP contribution in [0.5, 0.6) is 0 Å². The van der Waals surface area contributed by atoms with E-state index in [9.17, 15) is 4.79 Å². The van der Waals surface area contributed by atoms with E-state index in [0.717, 1.165) is 10.2 Å². The van der Waals surface area contributed by atoms with Crippen LogP contribution in [0.3, 0.4) is 0 Å². The van der Waals surface area contributed by atoms with Crippen LogP contribution in [-0.4, -0.2) is 16.7 Å². The van der Waals surface area contributed by atoms with Crippen molar-refractivity contribution < 1.29 is 9.53 Å². The Morgan fingerprint density at radius 1 is 1.44 bits per heavy atom. The number of aromatic nitrogens is 1. The molecule has 0 radical (unpaired) electrons. The van der Waals surface area contributed by atoms with Crippen LogP contribution in [0, 0.1) is 0 Å². The molecule has 0 spiro atoms. The molecule has 1 N–H and O–H groups in total. The highest BCUT2D eigenvalue weighted by Gasteiger charge is 2.27. The molecule has 1 aliphatic carbocycles. The molecule has 2 rings (SSSR count). The Bertz CT molecular complexity index is 465. The molecule has 0 unspecified atom stereocenters. The monoisotopic (exact) mass is 312 g/mol. The number of nitrogens with zero attached hydrogens (tertiary/aromatic N) is 1. The highest BCUT2D eigenvalue weighted by atomic mass is 79.9. The van der Waals surface area contributed by atoms with E-state index in [1.807, 2.05) is 26.8 Å². The molecule has 1 aromatic rings. The Morgan fingerprint density at radius 3 is 2.67 bits per heavy atom. The Hall–Kier alpha value is -1.10. The average Bonchev–Trinajstić information content (AvgIpc) is 3.01. The summed E-state index contributed by atoms with van der Waals surface area (Å²) in [6, 6.07) is 3.67. The second-order valence-corrected chi connectivity index (χ2v) is 6.32. The molecule has 0 saturated heterocycles. The average molecular weight is 313 g/mol. The molecule has 0 bridgehead atoms. The molecule has 18 heavy (non-hydrogen) atoms. The van der Waals surface area contributed by atoms with Crippen LogP contribution in [0.4, 0.5) is 10.6 Å². The van der Waals surface area contributed by atoms with E-state index >= 15 is 0 Å². The third-order valence-electron chi connectivity index (χ3n) is 2.47. The van der Waals surface area contributed by atoms with Crippen molar-refractivity contribution in [2.24, 2.45) is 0 Å². The van der Waals surface area contributed by atoms with Gasteiger partial charge in [-0.25, -0.2) is 9.78 Å². The molecular weight excluding hydrogens is 296 g/mol. The van der Waals surface area contributed by atoms with Crippen molar-refractivity contribution in [3.05, 3.63) is 22.3 Å². The number of amides is 1. The van der Waals surface area contributed by atoms with E-state index in [1.54, 1.807) is 6.07 Å². The minimum absolute atomic E-state index is 0.473. The summed E-state index contributed by atoms with van der Waals surface area (Å²) in [5, 5.41) is 2.66. The summed E-state index contributed by atoms with van der Waals surface area (Å²) in [5.74, 6) is 1.06. The predicted molar refractivity (Wildman–Crippen MR) is 73.8 cm³/mol. The van der Waals surface area contributed by atoms with Gasteiger partial charge in [-0.1, -0.05) is 0 Å². The first-order valence-electron chi connectivity index (χ1n) is 6.01. The highest BCUT2D eigenvalue weighted by Crippen LogP contribution is 2.42. The van der Waals surface area contributed by atoms with Crippen molar-refractivity contribution in [3.63, 3.8) is 0 Å². The Kier molecular flexibility index (Phi) is 3.61. The molecule has 0 aliphatic heterocycles. The highest BCUT2D eigenvalue weighted by molar-refractivity contribution is 9.10.